The molecule has 9 heteroatoms. The lowest BCUT2D eigenvalue weighted by Crippen LogP contribution is -2.14. The lowest BCUT2D eigenvalue weighted by atomic mass is 10.3. The minimum absolute atomic E-state index is 0.125. The summed E-state index contributed by atoms with van der Waals surface area (Å²) in [6.45, 7) is 0. The topological polar surface area (TPSA) is 124 Å². The maximum Gasteiger partial charge on any atom is 0.314 e. The molecule has 0 spiro atoms. The molecule has 1 aromatic heterocycles. The molecule has 0 amide bonds. The number of nitrogens with zero attached hydrogens (tertiary/aromatic N) is 3. The van der Waals surface area contributed by atoms with Crippen molar-refractivity contribution in [2.24, 2.45) is 10.9 Å². The third kappa shape index (κ3) is 3.21. The van der Waals surface area contributed by atoms with Crippen LogP contribution in [-0.4, -0.2) is 21.0 Å². The van der Waals surface area contributed by atoms with E-state index in [0.29, 0.717) is 0 Å². The molecular formula is C12H9FN4O4. The van der Waals surface area contributed by atoms with E-state index < -0.39 is 16.4 Å². The maximum atomic E-state index is 13.0. The normalized spacial score (nSPS) is 11.2. The molecule has 0 bridgehead atoms. The number of amidine groups is 1. The quantitative estimate of drug-likeness (QED) is 0.292. The Hall–Kier alpha value is -3.23. The molecule has 2 aromatic rings. The molecule has 0 aliphatic heterocycles. The van der Waals surface area contributed by atoms with Gasteiger partial charge < -0.3 is 15.7 Å². The van der Waals surface area contributed by atoms with Crippen molar-refractivity contribution in [1.82, 2.24) is 4.98 Å². The van der Waals surface area contributed by atoms with Crippen molar-refractivity contribution in [1.29, 1.82) is 0 Å². The number of oxime groups is 1. The standard InChI is InChI=1S/C12H9FN4O4/c13-7-1-4-11(10(5-7)17(19)20)21-8-2-3-9(15-6-8)12(14)16-18/h1-6,18H,(H2,14,16). The van der Waals surface area contributed by atoms with E-state index in [1.54, 1.807) is 0 Å². The fourth-order valence-corrected chi connectivity index (χ4v) is 1.49. The summed E-state index contributed by atoms with van der Waals surface area (Å²) >= 11 is 0. The van der Waals surface area contributed by atoms with Gasteiger partial charge in [0, 0.05) is 0 Å². The van der Waals surface area contributed by atoms with Crippen molar-refractivity contribution in [3.63, 3.8) is 0 Å². The van der Waals surface area contributed by atoms with Gasteiger partial charge in [-0.05, 0) is 24.3 Å². The van der Waals surface area contributed by atoms with Crippen molar-refractivity contribution in [3.05, 3.63) is 58.2 Å². The van der Waals surface area contributed by atoms with Crippen LogP contribution in [0.15, 0.2) is 41.7 Å². The smallest absolute Gasteiger partial charge is 0.314 e. The van der Waals surface area contributed by atoms with Gasteiger partial charge in [-0.3, -0.25) is 10.1 Å². The highest BCUT2D eigenvalue weighted by atomic mass is 19.1. The molecule has 3 N–H and O–H groups in total. The molecule has 0 saturated heterocycles. The average Bonchev–Trinajstić information content (AvgIpc) is 2.49. The fourth-order valence-electron chi connectivity index (χ4n) is 1.49. The van der Waals surface area contributed by atoms with Crippen LogP contribution in [0.3, 0.4) is 0 Å². The van der Waals surface area contributed by atoms with E-state index in [-0.39, 0.29) is 23.0 Å². The zero-order valence-electron chi connectivity index (χ0n) is 10.4. The first-order valence-electron chi connectivity index (χ1n) is 5.57. The molecule has 108 valence electrons. The van der Waals surface area contributed by atoms with E-state index in [4.69, 9.17) is 15.7 Å². The number of nitrogens with two attached hydrogens (primary N) is 1. The number of ether oxygens (including phenoxy) is 1. The third-order valence-corrected chi connectivity index (χ3v) is 2.45. The van der Waals surface area contributed by atoms with Crippen molar-refractivity contribution in [3.8, 4) is 11.5 Å². The van der Waals surface area contributed by atoms with Crippen LogP contribution in [0.25, 0.3) is 0 Å². The van der Waals surface area contributed by atoms with Gasteiger partial charge >= 0.3 is 5.69 Å². The highest BCUT2D eigenvalue weighted by molar-refractivity contribution is 5.95. The van der Waals surface area contributed by atoms with Gasteiger partial charge in [0.05, 0.1) is 17.2 Å². The predicted molar refractivity (Wildman–Crippen MR) is 69.9 cm³/mol. The van der Waals surface area contributed by atoms with Crippen LogP contribution in [0.4, 0.5) is 10.1 Å². The third-order valence-electron chi connectivity index (χ3n) is 2.45. The summed E-state index contributed by atoms with van der Waals surface area (Å²) < 4.78 is 18.3. The number of nitro benzene ring substituents is 1. The summed E-state index contributed by atoms with van der Waals surface area (Å²) in [4.78, 5) is 13.9. The minimum atomic E-state index is -0.753. The highest BCUT2D eigenvalue weighted by Gasteiger charge is 2.17. The summed E-state index contributed by atoms with van der Waals surface area (Å²) in [6.07, 6.45) is 1.24. The van der Waals surface area contributed by atoms with Crippen LogP contribution >= 0.6 is 0 Å². The Kier molecular flexibility index (Phi) is 3.93. The zero-order valence-corrected chi connectivity index (χ0v) is 10.4. The molecular weight excluding hydrogens is 283 g/mol. The van der Waals surface area contributed by atoms with Gasteiger partial charge in [0.2, 0.25) is 5.75 Å². The van der Waals surface area contributed by atoms with Crippen LogP contribution in [0.2, 0.25) is 0 Å². The van der Waals surface area contributed by atoms with Gasteiger partial charge in [0.15, 0.2) is 5.84 Å². The van der Waals surface area contributed by atoms with Gasteiger partial charge in [-0.15, -0.1) is 0 Å². The molecule has 0 fully saturated rings. The van der Waals surface area contributed by atoms with E-state index in [0.717, 1.165) is 18.2 Å². The van der Waals surface area contributed by atoms with E-state index in [9.17, 15) is 14.5 Å². The number of halogens is 1. The molecule has 2 rings (SSSR count). The van der Waals surface area contributed by atoms with Gasteiger partial charge in [0.1, 0.15) is 17.3 Å². The average molecular weight is 292 g/mol. The Labute approximate surface area is 117 Å². The first-order chi connectivity index (χ1) is 10.0. The van der Waals surface area contributed by atoms with Crippen LogP contribution in [0, 0.1) is 15.9 Å². The number of pyridine rings is 1. The molecule has 0 atom stereocenters. The largest absolute Gasteiger partial charge is 0.449 e. The fraction of sp³-hybridized carbons (Fsp3) is 0. The predicted octanol–water partition coefficient (Wildman–Crippen LogP) is 2.02. The van der Waals surface area contributed by atoms with Crippen molar-refractivity contribution in [2.45, 2.75) is 0 Å². The van der Waals surface area contributed by atoms with Crippen LogP contribution in [0.5, 0.6) is 11.5 Å². The van der Waals surface area contributed by atoms with Crippen molar-refractivity contribution >= 4 is 11.5 Å². The van der Waals surface area contributed by atoms with E-state index in [1.807, 2.05) is 0 Å². The Morgan fingerprint density at radius 1 is 1.43 bits per heavy atom. The number of benzene rings is 1. The van der Waals surface area contributed by atoms with Crippen LogP contribution in [0.1, 0.15) is 5.69 Å². The van der Waals surface area contributed by atoms with Crippen molar-refractivity contribution in [2.75, 3.05) is 0 Å². The van der Waals surface area contributed by atoms with Gasteiger partial charge in [-0.2, -0.15) is 0 Å². The zero-order chi connectivity index (χ0) is 15.4. The lowest BCUT2D eigenvalue weighted by Gasteiger charge is -2.06. The highest BCUT2D eigenvalue weighted by Crippen LogP contribution is 2.31. The molecule has 0 aliphatic rings. The van der Waals surface area contributed by atoms with Gasteiger partial charge in [-0.1, -0.05) is 5.16 Å². The van der Waals surface area contributed by atoms with Gasteiger partial charge in [0.25, 0.3) is 0 Å². The summed E-state index contributed by atoms with van der Waals surface area (Å²) in [5.41, 5.74) is 5.05. The second-order valence-corrected chi connectivity index (χ2v) is 3.84. The summed E-state index contributed by atoms with van der Waals surface area (Å²) in [5, 5.41) is 22.1. The number of hydrogen-bond acceptors (Lipinski definition) is 6. The summed E-state index contributed by atoms with van der Waals surface area (Å²) in [5.74, 6) is -0.872. The molecule has 1 aromatic carbocycles. The SMILES string of the molecule is N/C(=N/O)c1ccc(Oc2ccc(F)cc2[N+](=O)[O-])cn1. The summed E-state index contributed by atoms with van der Waals surface area (Å²) in [7, 11) is 0. The molecule has 8 nitrogen and oxygen atoms in total. The van der Waals surface area contributed by atoms with E-state index >= 15 is 0 Å². The molecule has 0 unspecified atom stereocenters. The monoisotopic (exact) mass is 292 g/mol. The maximum absolute atomic E-state index is 13.0. The number of hydrogen-bond donors (Lipinski definition) is 2. The molecule has 21 heavy (non-hydrogen) atoms. The minimum Gasteiger partial charge on any atom is -0.449 e. The second-order valence-electron chi connectivity index (χ2n) is 3.84. The number of nitro groups is 1. The molecule has 1 heterocycles. The Morgan fingerprint density at radius 2 is 2.19 bits per heavy atom. The molecule has 0 aliphatic carbocycles. The second kappa shape index (κ2) is 5.82. The lowest BCUT2D eigenvalue weighted by molar-refractivity contribution is -0.385. The Bertz CT molecular complexity index is 703. The number of aromatic nitrogens is 1. The van der Waals surface area contributed by atoms with E-state index in [1.165, 1.54) is 18.3 Å². The molecule has 0 saturated carbocycles. The van der Waals surface area contributed by atoms with Crippen molar-refractivity contribution < 1.29 is 19.3 Å². The number of rotatable bonds is 4. The first-order valence-corrected chi connectivity index (χ1v) is 5.57. The summed E-state index contributed by atoms with van der Waals surface area (Å²) in [6, 6.07) is 5.77. The Balaban J connectivity index is 2.28. The van der Waals surface area contributed by atoms with Gasteiger partial charge in [-0.25, -0.2) is 9.37 Å². The first kappa shape index (κ1) is 14.2. The van der Waals surface area contributed by atoms with Crippen LogP contribution < -0.4 is 10.5 Å². The van der Waals surface area contributed by atoms with Crippen LogP contribution in [-0.2, 0) is 0 Å². The van der Waals surface area contributed by atoms with E-state index in [2.05, 4.69) is 10.1 Å². The molecule has 0 radical (unpaired) electrons. The Morgan fingerprint density at radius 3 is 2.76 bits per heavy atom.